The van der Waals surface area contributed by atoms with Gasteiger partial charge in [-0.15, -0.1) is 11.6 Å². The van der Waals surface area contributed by atoms with Gasteiger partial charge >= 0.3 is 0 Å². The van der Waals surface area contributed by atoms with Gasteiger partial charge in [-0.2, -0.15) is 4.98 Å². The minimum absolute atomic E-state index is 0.313. The summed E-state index contributed by atoms with van der Waals surface area (Å²) in [5, 5.41) is 3.89. The molecule has 0 bridgehead atoms. The Kier molecular flexibility index (Phi) is 2.80. The van der Waals surface area contributed by atoms with Crippen LogP contribution in [0.5, 0.6) is 0 Å². The molecule has 1 aromatic heterocycles. The second-order valence-electron chi connectivity index (χ2n) is 3.05. The fraction of sp³-hybridized carbons (Fsp3) is 0.750. The third-order valence-corrected chi connectivity index (χ3v) is 2.28. The average Bonchev–Trinajstić information content (AvgIpc) is 2.70. The number of alkyl halides is 1. The summed E-state index contributed by atoms with van der Waals surface area (Å²) in [6, 6.07) is 0. The van der Waals surface area contributed by atoms with E-state index < -0.39 is 0 Å². The Balaban J connectivity index is 2.03. The molecule has 13 heavy (non-hydrogen) atoms. The van der Waals surface area contributed by atoms with Gasteiger partial charge in [0.25, 0.3) is 0 Å². The van der Waals surface area contributed by atoms with Crippen LogP contribution in [0.2, 0.25) is 0 Å². The Hall–Kier alpha value is -0.610. The minimum Gasteiger partial charge on any atom is -0.381 e. The lowest BCUT2D eigenvalue weighted by molar-refractivity contribution is 0.192. The van der Waals surface area contributed by atoms with Gasteiger partial charge in [0.1, 0.15) is 0 Å². The van der Waals surface area contributed by atoms with Crippen molar-refractivity contribution in [1.82, 2.24) is 10.1 Å². The molecule has 2 rings (SSSR count). The van der Waals surface area contributed by atoms with Crippen LogP contribution in [0.25, 0.3) is 0 Å². The smallest absolute Gasteiger partial charge is 0.227 e. The third-order valence-electron chi connectivity index (χ3n) is 2.09. The maximum Gasteiger partial charge on any atom is 0.227 e. The van der Waals surface area contributed by atoms with Gasteiger partial charge < -0.3 is 9.26 Å². The lowest BCUT2D eigenvalue weighted by atomic mass is 10.1. The van der Waals surface area contributed by atoms with E-state index in [1.807, 2.05) is 0 Å². The molecule has 5 heteroatoms. The van der Waals surface area contributed by atoms with E-state index in [9.17, 15) is 0 Å². The van der Waals surface area contributed by atoms with Crippen molar-refractivity contribution in [1.29, 1.82) is 0 Å². The lowest BCUT2D eigenvalue weighted by Crippen LogP contribution is -2.00. The van der Waals surface area contributed by atoms with E-state index in [2.05, 4.69) is 10.1 Å². The predicted octanol–water partition coefficient (Wildman–Crippen LogP) is 1.35. The van der Waals surface area contributed by atoms with Gasteiger partial charge in [0.15, 0.2) is 5.82 Å². The summed E-state index contributed by atoms with van der Waals surface area (Å²) >= 11 is 5.55. The van der Waals surface area contributed by atoms with Gasteiger partial charge in [0.05, 0.1) is 6.61 Å². The summed E-state index contributed by atoms with van der Waals surface area (Å²) in [5.74, 6) is 2.21. The Bertz CT molecular complexity index is 271. The molecule has 1 saturated heterocycles. The number of rotatable bonds is 3. The molecule has 0 radical (unpaired) electrons. The summed E-state index contributed by atoms with van der Waals surface area (Å²) in [6.45, 7) is 1.50. The zero-order valence-corrected chi connectivity index (χ0v) is 7.96. The summed E-state index contributed by atoms with van der Waals surface area (Å²) in [7, 11) is 0. The Morgan fingerprint density at radius 3 is 3.15 bits per heavy atom. The number of ether oxygens (including phenoxy) is 1. The van der Waals surface area contributed by atoms with Gasteiger partial charge in [-0.25, -0.2) is 0 Å². The van der Waals surface area contributed by atoms with Crippen LogP contribution in [0.15, 0.2) is 4.52 Å². The standard InChI is InChI=1S/C8H11ClN2O2/c9-3-1-7-10-8(11-13-7)6-2-4-12-5-6/h6H,1-5H2. The summed E-state index contributed by atoms with van der Waals surface area (Å²) in [6.07, 6.45) is 1.63. The van der Waals surface area contributed by atoms with Gasteiger partial charge in [0.2, 0.25) is 5.89 Å². The van der Waals surface area contributed by atoms with Gasteiger partial charge in [-0.3, -0.25) is 0 Å². The first-order valence-electron chi connectivity index (χ1n) is 4.36. The number of hydrogen-bond acceptors (Lipinski definition) is 4. The number of aryl methyl sites for hydroxylation is 1. The van der Waals surface area contributed by atoms with Crippen LogP contribution in [0, 0.1) is 0 Å². The fourth-order valence-corrected chi connectivity index (χ4v) is 1.52. The van der Waals surface area contributed by atoms with E-state index in [1.54, 1.807) is 0 Å². The van der Waals surface area contributed by atoms with E-state index in [0.717, 1.165) is 18.9 Å². The van der Waals surface area contributed by atoms with Crippen molar-refractivity contribution >= 4 is 11.6 Å². The van der Waals surface area contributed by atoms with Crippen LogP contribution in [0.1, 0.15) is 24.1 Å². The van der Waals surface area contributed by atoms with Crippen molar-refractivity contribution < 1.29 is 9.26 Å². The van der Waals surface area contributed by atoms with Crippen LogP contribution in [-0.4, -0.2) is 29.2 Å². The van der Waals surface area contributed by atoms with E-state index in [-0.39, 0.29) is 0 Å². The molecule has 1 fully saturated rings. The van der Waals surface area contributed by atoms with Crippen molar-refractivity contribution in [2.45, 2.75) is 18.8 Å². The maximum absolute atomic E-state index is 5.55. The minimum atomic E-state index is 0.313. The van der Waals surface area contributed by atoms with Crippen LogP contribution >= 0.6 is 11.6 Å². The molecule has 0 N–H and O–H groups in total. The highest BCUT2D eigenvalue weighted by Gasteiger charge is 2.22. The second-order valence-corrected chi connectivity index (χ2v) is 3.42. The Morgan fingerprint density at radius 1 is 1.54 bits per heavy atom. The van der Waals surface area contributed by atoms with Crippen LogP contribution in [-0.2, 0) is 11.2 Å². The largest absolute Gasteiger partial charge is 0.381 e. The van der Waals surface area contributed by atoms with Crippen molar-refractivity contribution in [3.63, 3.8) is 0 Å². The van der Waals surface area contributed by atoms with E-state index in [1.165, 1.54) is 0 Å². The molecule has 1 aliphatic heterocycles. The Labute approximate surface area is 81.2 Å². The molecular weight excluding hydrogens is 192 g/mol. The van der Waals surface area contributed by atoms with Crippen molar-refractivity contribution in [2.24, 2.45) is 0 Å². The van der Waals surface area contributed by atoms with Crippen LogP contribution in [0.3, 0.4) is 0 Å². The van der Waals surface area contributed by atoms with Crippen molar-refractivity contribution in [3.8, 4) is 0 Å². The summed E-state index contributed by atoms with van der Waals surface area (Å²) in [5.41, 5.74) is 0. The van der Waals surface area contributed by atoms with Crippen LogP contribution in [0.4, 0.5) is 0 Å². The molecule has 0 amide bonds. The van der Waals surface area contributed by atoms with E-state index >= 15 is 0 Å². The van der Waals surface area contributed by atoms with E-state index in [4.69, 9.17) is 20.9 Å². The molecule has 0 aromatic carbocycles. The summed E-state index contributed by atoms with van der Waals surface area (Å²) < 4.78 is 10.2. The van der Waals surface area contributed by atoms with Crippen LogP contribution < -0.4 is 0 Å². The highest BCUT2D eigenvalue weighted by Crippen LogP contribution is 2.22. The van der Waals surface area contributed by atoms with E-state index in [0.29, 0.717) is 30.7 Å². The van der Waals surface area contributed by atoms with Crippen molar-refractivity contribution in [2.75, 3.05) is 19.1 Å². The first-order valence-corrected chi connectivity index (χ1v) is 4.90. The normalized spacial score (nSPS) is 22.4. The Morgan fingerprint density at radius 2 is 2.46 bits per heavy atom. The first-order chi connectivity index (χ1) is 6.40. The molecule has 4 nitrogen and oxygen atoms in total. The maximum atomic E-state index is 5.55. The van der Waals surface area contributed by atoms with Gasteiger partial charge in [0, 0.05) is 24.8 Å². The number of nitrogens with zero attached hydrogens (tertiary/aromatic N) is 2. The number of halogens is 1. The molecule has 0 saturated carbocycles. The fourth-order valence-electron chi connectivity index (χ4n) is 1.35. The quantitative estimate of drug-likeness (QED) is 0.695. The van der Waals surface area contributed by atoms with Gasteiger partial charge in [-0.1, -0.05) is 5.16 Å². The zero-order chi connectivity index (χ0) is 9.10. The van der Waals surface area contributed by atoms with Gasteiger partial charge in [-0.05, 0) is 6.42 Å². The molecule has 72 valence electrons. The second kappa shape index (κ2) is 4.07. The highest BCUT2D eigenvalue weighted by molar-refractivity contribution is 6.17. The highest BCUT2D eigenvalue weighted by atomic mass is 35.5. The zero-order valence-electron chi connectivity index (χ0n) is 7.20. The predicted molar refractivity (Wildman–Crippen MR) is 46.9 cm³/mol. The molecule has 1 aromatic rings. The molecule has 2 heterocycles. The summed E-state index contributed by atoms with van der Waals surface area (Å²) in [4.78, 5) is 4.24. The SMILES string of the molecule is ClCCc1nc(C2CCOC2)no1. The molecule has 1 unspecified atom stereocenters. The molecule has 1 atom stereocenters. The third kappa shape index (κ3) is 2.00. The number of hydrogen-bond donors (Lipinski definition) is 0. The monoisotopic (exact) mass is 202 g/mol. The average molecular weight is 203 g/mol. The lowest BCUT2D eigenvalue weighted by Gasteiger charge is -1.97. The molecule has 1 aliphatic rings. The first kappa shape index (κ1) is 8.97. The molecule has 0 spiro atoms. The molecule has 0 aliphatic carbocycles. The molecular formula is C8H11ClN2O2. The van der Waals surface area contributed by atoms with Crippen molar-refractivity contribution in [3.05, 3.63) is 11.7 Å². The topological polar surface area (TPSA) is 48.2 Å². The number of aromatic nitrogens is 2.